The molecule has 1 aliphatic rings. The van der Waals surface area contributed by atoms with Gasteiger partial charge >= 0.3 is 0 Å². The summed E-state index contributed by atoms with van der Waals surface area (Å²) in [5, 5.41) is 0. The molecule has 1 fully saturated rings. The summed E-state index contributed by atoms with van der Waals surface area (Å²) >= 11 is 0. The first-order chi connectivity index (χ1) is 7.31. The van der Waals surface area contributed by atoms with E-state index in [0.29, 0.717) is 11.6 Å². The fourth-order valence-electron chi connectivity index (χ4n) is 1.92. The molecule has 0 atom stereocenters. The van der Waals surface area contributed by atoms with Gasteiger partial charge in [0.25, 0.3) is 0 Å². The van der Waals surface area contributed by atoms with Gasteiger partial charge in [-0.2, -0.15) is 0 Å². The van der Waals surface area contributed by atoms with E-state index < -0.39 is 0 Å². The van der Waals surface area contributed by atoms with Crippen molar-refractivity contribution in [1.29, 1.82) is 0 Å². The zero-order valence-electron chi connectivity index (χ0n) is 8.77. The number of hydrogen-bond acceptors (Lipinski definition) is 4. The highest BCUT2D eigenvalue weighted by atomic mass is 16.5. The molecule has 2 rings (SSSR count). The molecule has 4 nitrogen and oxygen atoms in total. The van der Waals surface area contributed by atoms with E-state index in [2.05, 4.69) is 9.97 Å². The molecule has 0 radical (unpaired) electrons. The lowest BCUT2D eigenvalue weighted by Gasteiger charge is -2.06. The quantitative estimate of drug-likeness (QED) is 0.708. The highest BCUT2D eigenvalue weighted by Crippen LogP contribution is 2.27. The number of rotatable bonds is 3. The first-order valence-corrected chi connectivity index (χ1v) is 5.21. The van der Waals surface area contributed by atoms with Crippen molar-refractivity contribution >= 4 is 5.78 Å². The Hall–Kier alpha value is -1.45. The van der Waals surface area contributed by atoms with Gasteiger partial charge in [0.05, 0.1) is 19.5 Å². The van der Waals surface area contributed by atoms with E-state index >= 15 is 0 Å². The van der Waals surface area contributed by atoms with Crippen LogP contribution in [0.2, 0.25) is 0 Å². The first kappa shape index (κ1) is 10.1. The fourth-order valence-corrected chi connectivity index (χ4v) is 1.92. The molecule has 80 valence electrons. The average molecular weight is 206 g/mol. The molecule has 0 aliphatic heterocycles. The average Bonchev–Trinajstić information content (AvgIpc) is 2.82. The Bertz CT molecular complexity index is 342. The number of ether oxygens (including phenoxy) is 1. The number of methoxy groups -OCH3 is 1. The summed E-state index contributed by atoms with van der Waals surface area (Å²) in [5.41, 5.74) is 0. The summed E-state index contributed by atoms with van der Waals surface area (Å²) in [5.74, 6) is 1.12. The predicted molar refractivity (Wildman–Crippen MR) is 54.9 cm³/mol. The van der Waals surface area contributed by atoms with E-state index in [4.69, 9.17) is 4.74 Å². The number of aromatic nitrogens is 2. The van der Waals surface area contributed by atoms with Crippen molar-refractivity contribution in [1.82, 2.24) is 9.97 Å². The van der Waals surface area contributed by atoms with Crippen LogP contribution in [-0.4, -0.2) is 22.9 Å². The van der Waals surface area contributed by atoms with Gasteiger partial charge in [-0.1, -0.05) is 12.8 Å². The number of nitrogens with zero attached hydrogens (tertiary/aromatic N) is 2. The summed E-state index contributed by atoms with van der Waals surface area (Å²) in [7, 11) is 1.55. The molecular weight excluding hydrogens is 192 g/mol. The van der Waals surface area contributed by atoms with Crippen LogP contribution in [0.3, 0.4) is 0 Å². The molecule has 0 unspecified atom stereocenters. The molecule has 15 heavy (non-hydrogen) atoms. The number of Topliss-reactive ketones (excluding diaryl/α,β-unsaturated/α-hetero) is 1. The standard InChI is InChI=1S/C11H14N2O2/c1-15-9-6-12-11(13-7-9)10(14)8-4-2-3-5-8/h6-8H,2-5H2,1H3. The Labute approximate surface area is 88.7 Å². The third-order valence-electron chi connectivity index (χ3n) is 2.81. The second-order valence-corrected chi connectivity index (χ2v) is 3.79. The van der Waals surface area contributed by atoms with Crippen molar-refractivity contribution in [2.24, 2.45) is 5.92 Å². The third kappa shape index (κ3) is 2.14. The van der Waals surface area contributed by atoms with E-state index in [-0.39, 0.29) is 11.7 Å². The zero-order chi connectivity index (χ0) is 10.7. The van der Waals surface area contributed by atoms with E-state index in [1.54, 1.807) is 7.11 Å². The second kappa shape index (κ2) is 4.38. The molecular formula is C11H14N2O2. The molecule has 0 N–H and O–H groups in total. The van der Waals surface area contributed by atoms with Crippen molar-refractivity contribution in [2.75, 3.05) is 7.11 Å². The van der Waals surface area contributed by atoms with Gasteiger partial charge < -0.3 is 4.74 Å². The molecule has 1 aliphatic carbocycles. The van der Waals surface area contributed by atoms with Crippen molar-refractivity contribution in [2.45, 2.75) is 25.7 Å². The maximum absolute atomic E-state index is 11.9. The number of ketones is 1. The Kier molecular flexibility index (Phi) is 2.94. The molecule has 1 heterocycles. The summed E-state index contributed by atoms with van der Waals surface area (Å²) in [4.78, 5) is 19.9. The Morgan fingerprint density at radius 1 is 1.33 bits per heavy atom. The molecule has 1 aromatic rings. The van der Waals surface area contributed by atoms with Crippen LogP contribution in [0.15, 0.2) is 12.4 Å². The SMILES string of the molecule is COc1cnc(C(=O)C2CCCC2)nc1. The third-order valence-corrected chi connectivity index (χ3v) is 2.81. The summed E-state index contributed by atoms with van der Waals surface area (Å²) in [6.07, 6.45) is 7.33. The van der Waals surface area contributed by atoms with Crippen molar-refractivity contribution in [3.63, 3.8) is 0 Å². The number of carbonyl (C=O) groups excluding carboxylic acids is 1. The smallest absolute Gasteiger partial charge is 0.203 e. The van der Waals surface area contributed by atoms with Gasteiger partial charge in [-0.3, -0.25) is 4.79 Å². The van der Waals surface area contributed by atoms with Gasteiger partial charge in [-0.05, 0) is 12.8 Å². The summed E-state index contributed by atoms with van der Waals surface area (Å²) < 4.78 is 4.94. The minimum absolute atomic E-state index is 0.0788. The molecule has 0 bridgehead atoms. The Morgan fingerprint density at radius 3 is 2.47 bits per heavy atom. The summed E-state index contributed by atoms with van der Waals surface area (Å²) in [6, 6.07) is 0. The lowest BCUT2D eigenvalue weighted by atomic mass is 10.0. The maximum Gasteiger partial charge on any atom is 0.203 e. The van der Waals surface area contributed by atoms with Crippen molar-refractivity contribution in [3.05, 3.63) is 18.2 Å². The van der Waals surface area contributed by atoms with Crippen LogP contribution < -0.4 is 4.74 Å². The van der Waals surface area contributed by atoms with E-state index in [1.165, 1.54) is 12.4 Å². The molecule has 0 spiro atoms. The zero-order valence-corrected chi connectivity index (χ0v) is 8.77. The van der Waals surface area contributed by atoms with Gasteiger partial charge in [0.15, 0.2) is 11.6 Å². The molecule has 0 amide bonds. The minimum Gasteiger partial charge on any atom is -0.494 e. The van der Waals surface area contributed by atoms with Crippen LogP contribution in [0.1, 0.15) is 36.3 Å². The lowest BCUT2D eigenvalue weighted by Crippen LogP contribution is -2.14. The highest BCUT2D eigenvalue weighted by Gasteiger charge is 2.25. The topological polar surface area (TPSA) is 52.1 Å². The number of hydrogen-bond donors (Lipinski definition) is 0. The minimum atomic E-state index is 0.0788. The molecule has 1 saturated carbocycles. The van der Waals surface area contributed by atoms with Gasteiger partial charge in [0.2, 0.25) is 5.78 Å². The van der Waals surface area contributed by atoms with Crippen LogP contribution in [0, 0.1) is 5.92 Å². The maximum atomic E-state index is 11.9. The molecule has 4 heteroatoms. The van der Waals surface area contributed by atoms with E-state index in [0.717, 1.165) is 25.7 Å². The van der Waals surface area contributed by atoms with Gasteiger partial charge in [-0.25, -0.2) is 9.97 Å². The number of carbonyl (C=O) groups is 1. The molecule has 1 aromatic heterocycles. The lowest BCUT2D eigenvalue weighted by molar-refractivity contribution is 0.0912. The summed E-state index contributed by atoms with van der Waals surface area (Å²) in [6.45, 7) is 0. The van der Waals surface area contributed by atoms with Crippen LogP contribution in [0.25, 0.3) is 0 Å². The fraction of sp³-hybridized carbons (Fsp3) is 0.545. The van der Waals surface area contributed by atoms with Crippen molar-refractivity contribution < 1.29 is 9.53 Å². The van der Waals surface area contributed by atoms with E-state index in [1.807, 2.05) is 0 Å². The normalized spacial score (nSPS) is 16.6. The largest absolute Gasteiger partial charge is 0.494 e. The predicted octanol–water partition coefficient (Wildman–Crippen LogP) is 1.86. The van der Waals surface area contributed by atoms with Crippen LogP contribution in [-0.2, 0) is 0 Å². The van der Waals surface area contributed by atoms with E-state index in [9.17, 15) is 4.79 Å². The monoisotopic (exact) mass is 206 g/mol. The van der Waals surface area contributed by atoms with Crippen LogP contribution >= 0.6 is 0 Å². The van der Waals surface area contributed by atoms with Gasteiger partial charge in [0, 0.05) is 5.92 Å². The first-order valence-electron chi connectivity index (χ1n) is 5.21. The van der Waals surface area contributed by atoms with Crippen molar-refractivity contribution in [3.8, 4) is 5.75 Å². The van der Waals surface area contributed by atoms with Gasteiger partial charge in [0.1, 0.15) is 0 Å². The van der Waals surface area contributed by atoms with Gasteiger partial charge in [-0.15, -0.1) is 0 Å². The molecule has 0 saturated heterocycles. The van der Waals surface area contributed by atoms with Crippen LogP contribution in [0.4, 0.5) is 0 Å². The highest BCUT2D eigenvalue weighted by molar-refractivity contribution is 5.94. The second-order valence-electron chi connectivity index (χ2n) is 3.79. The Balaban J connectivity index is 2.11. The Morgan fingerprint density at radius 2 is 1.93 bits per heavy atom. The molecule has 0 aromatic carbocycles. The van der Waals surface area contributed by atoms with Crippen LogP contribution in [0.5, 0.6) is 5.75 Å².